The number of halogens is 2. The molecule has 1 aromatic carbocycles. The molecule has 0 saturated heterocycles. The molecule has 0 aliphatic rings. The van der Waals surface area contributed by atoms with Crippen molar-refractivity contribution in [3.63, 3.8) is 0 Å². The zero-order chi connectivity index (χ0) is 10.1. The van der Waals surface area contributed by atoms with Crippen LogP contribution in [0.1, 0.15) is 20.8 Å². The summed E-state index contributed by atoms with van der Waals surface area (Å²) in [6.45, 7) is 5.69. The zero-order valence-corrected chi connectivity index (χ0v) is 8.57. The topological polar surface area (TPSA) is 9.23 Å². The van der Waals surface area contributed by atoms with E-state index >= 15 is 0 Å². The highest BCUT2D eigenvalue weighted by molar-refractivity contribution is 6.32. The van der Waals surface area contributed by atoms with Crippen LogP contribution in [0.2, 0.25) is 5.02 Å². The first-order valence-corrected chi connectivity index (χ1v) is 4.32. The van der Waals surface area contributed by atoms with Crippen LogP contribution in [0.3, 0.4) is 0 Å². The molecule has 1 radical (unpaired) electrons. The van der Waals surface area contributed by atoms with Gasteiger partial charge in [0.1, 0.15) is 17.2 Å². The van der Waals surface area contributed by atoms with E-state index in [0.29, 0.717) is 5.75 Å². The Labute approximate surface area is 82.5 Å². The van der Waals surface area contributed by atoms with E-state index in [4.69, 9.17) is 16.3 Å². The van der Waals surface area contributed by atoms with Crippen molar-refractivity contribution in [2.45, 2.75) is 26.4 Å². The fraction of sp³-hybridized carbons (Fsp3) is 0.400. The minimum Gasteiger partial charge on any atom is -0.487 e. The lowest BCUT2D eigenvalue weighted by Gasteiger charge is -2.21. The van der Waals surface area contributed by atoms with Crippen molar-refractivity contribution in [2.75, 3.05) is 0 Å². The van der Waals surface area contributed by atoms with E-state index in [1.165, 1.54) is 12.1 Å². The molecule has 0 N–H and O–H groups in total. The van der Waals surface area contributed by atoms with Gasteiger partial charge in [0.25, 0.3) is 0 Å². The summed E-state index contributed by atoms with van der Waals surface area (Å²) in [6.07, 6.45) is 0. The fourth-order valence-corrected chi connectivity index (χ4v) is 1.02. The molecule has 0 aliphatic carbocycles. The molecule has 1 rings (SSSR count). The third-order valence-electron chi connectivity index (χ3n) is 1.25. The summed E-state index contributed by atoms with van der Waals surface area (Å²) in [5.74, 6) is -0.0261. The summed E-state index contributed by atoms with van der Waals surface area (Å²) in [5, 5.41) is 0.270. The van der Waals surface area contributed by atoms with Crippen LogP contribution >= 0.6 is 11.6 Å². The van der Waals surface area contributed by atoms with Gasteiger partial charge >= 0.3 is 0 Å². The maximum absolute atomic E-state index is 12.6. The van der Waals surface area contributed by atoms with Gasteiger partial charge < -0.3 is 4.74 Å². The van der Waals surface area contributed by atoms with Gasteiger partial charge in [-0.15, -0.1) is 0 Å². The Hall–Kier alpha value is -0.760. The molecule has 0 atom stereocenters. The summed E-state index contributed by atoms with van der Waals surface area (Å²) < 4.78 is 18.0. The van der Waals surface area contributed by atoms with Crippen molar-refractivity contribution < 1.29 is 9.13 Å². The number of hydrogen-bond donors (Lipinski definition) is 0. The first-order chi connectivity index (χ1) is 5.88. The van der Waals surface area contributed by atoms with Crippen LogP contribution in [-0.2, 0) is 0 Å². The molecular formula is C10H11ClFO. The smallest absolute Gasteiger partial charge is 0.139 e. The first-order valence-electron chi connectivity index (χ1n) is 3.94. The molecule has 71 valence electrons. The van der Waals surface area contributed by atoms with Crippen molar-refractivity contribution in [2.24, 2.45) is 0 Å². The van der Waals surface area contributed by atoms with Gasteiger partial charge in [-0.25, -0.2) is 4.39 Å². The minimum atomic E-state index is -0.480. The highest BCUT2D eigenvalue weighted by atomic mass is 35.5. The Balaban J connectivity index is 2.90. The third-order valence-corrected chi connectivity index (χ3v) is 1.54. The largest absolute Gasteiger partial charge is 0.487 e. The van der Waals surface area contributed by atoms with Crippen LogP contribution in [0.25, 0.3) is 0 Å². The summed E-state index contributed by atoms with van der Waals surface area (Å²) in [7, 11) is 0. The Bertz CT molecular complexity index is 304. The second-order valence-corrected chi connectivity index (χ2v) is 4.11. The third kappa shape index (κ3) is 3.23. The number of hydrogen-bond acceptors (Lipinski definition) is 1. The van der Waals surface area contributed by atoms with Gasteiger partial charge in [-0.2, -0.15) is 0 Å². The summed E-state index contributed by atoms with van der Waals surface area (Å²) in [4.78, 5) is 0. The number of ether oxygens (including phenoxy) is 1. The Morgan fingerprint density at radius 2 is 2.08 bits per heavy atom. The van der Waals surface area contributed by atoms with Gasteiger partial charge in [-0.3, -0.25) is 0 Å². The van der Waals surface area contributed by atoms with Crippen LogP contribution in [0, 0.1) is 11.9 Å². The minimum absolute atomic E-state index is 0.270. The van der Waals surface area contributed by atoms with Crippen molar-refractivity contribution >= 4 is 11.6 Å². The first kappa shape index (κ1) is 10.3. The SMILES string of the molecule is CC(C)(C)Oc1c[c]c(F)cc1Cl. The molecule has 0 amide bonds. The lowest BCUT2D eigenvalue weighted by atomic mass is 10.2. The highest BCUT2D eigenvalue weighted by Crippen LogP contribution is 2.27. The molecule has 0 bridgehead atoms. The van der Waals surface area contributed by atoms with E-state index < -0.39 is 5.82 Å². The van der Waals surface area contributed by atoms with Gasteiger partial charge in [0.05, 0.1) is 5.02 Å². The van der Waals surface area contributed by atoms with Gasteiger partial charge in [-0.1, -0.05) is 11.6 Å². The quantitative estimate of drug-likeness (QED) is 0.676. The van der Waals surface area contributed by atoms with Crippen LogP contribution in [0.15, 0.2) is 12.1 Å². The van der Waals surface area contributed by atoms with E-state index in [0.717, 1.165) is 0 Å². The van der Waals surface area contributed by atoms with Gasteiger partial charge in [0.15, 0.2) is 0 Å². The lowest BCUT2D eigenvalue weighted by molar-refractivity contribution is 0.131. The Morgan fingerprint density at radius 1 is 1.46 bits per heavy atom. The Morgan fingerprint density at radius 3 is 2.54 bits per heavy atom. The average Bonchev–Trinajstić information content (AvgIpc) is 1.93. The second kappa shape index (κ2) is 3.54. The van der Waals surface area contributed by atoms with Crippen LogP contribution in [0.4, 0.5) is 4.39 Å². The predicted molar refractivity (Wildman–Crippen MR) is 50.6 cm³/mol. The second-order valence-electron chi connectivity index (χ2n) is 3.71. The molecule has 0 spiro atoms. The van der Waals surface area contributed by atoms with Crippen molar-refractivity contribution in [3.8, 4) is 5.75 Å². The van der Waals surface area contributed by atoms with Crippen LogP contribution in [-0.4, -0.2) is 5.60 Å². The lowest BCUT2D eigenvalue weighted by Crippen LogP contribution is -2.23. The van der Waals surface area contributed by atoms with E-state index in [2.05, 4.69) is 6.07 Å². The molecule has 0 fully saturated rings. The van der Waals surface area contributed by atoms with Gasteiger partial charge in [0.2, 0.25) is 0 Å². The molecule has 13 heavy (non-hydrogen) atoms. The number of benzene rings is 1. The average molecular weight is 202 g/mol. The van der Waals surface area contributed by atoms with E-state index in [1.54, 1.807) is 0 Å². The maximum atomic E-state index is 12.6. The highest BCUT2D eigenvalue weighted by Gasteiger charge is 2.14. The standard InChI is InChI=1S/C10H11ClFO/c1-10(2,3)13-9-5-4-7(12)6-8(9)11/h5-6H,1-3H3. The van der Waals surface area contributed by atoms with Crippen molar-refractivity contribution in [1.29, 1.82) is 0 Å². The van der Waals surface area contributed by atoms with Gasteiger partial charge in [0, 0.05) is 6.07 Å². The normalized spacial score (nSPS) is 11.5. The molecule has 1 aromatic rings. The monoisotopic (exact) mass is 201 g/mol. The summed E-state index contributed by atoms with van der Waals surface area (Å²) in [5.41, 5.74) is -0.338. The summed E-state index contributed by atoms with van der Waals surface area (Å²) >= 11 is 5.75. The fourth-order valence-electron chi connectivity index (χ4n) is 0.836. The molecule has 1 nitrogen and oxygen atoms in total. The molecule has 0 aliphatic heterocycles. The van der Waals surface area contributed by atoms with Crippen LogP contribution in [0.5, 0.6) is 5.75 Å². The molecule has 0 heterocycles. The van der Waals surface area contributed by atoms with E-state index in [-0.39, 0.29) is 10.6 Å². The van der Waals surface area contributed by atoms with E-state index in [1.807, 2.05) is 20.8 Å². The van der Waals surface area contributed by atoms with Crippen molar-refractivity contribution in [1.82, 2.24) is 0 Å². The number of rotatable bonds is 1. The maximum Gasteiger partial charge on any atom is 0.139 e. The van der Waals surface area contributed by atoms with Crippen LogP contribution < -0.4 is 4.74 Å². The molecular weight excluding hydrogens is 191 g/mol. The predicted octanol–water partition coefficient (Wildman–Crippen LogP) is 3.46. The summed E-state index contributed by atoms with van der Waals surface area (Å²) in [6, 6.07) is 4.98. The molecule has 0 unspecified atom stereocenters. The Kier molecular flexibility index (Phi) is 2.81. The molecule has 3 heteroatoms. The zero-order valence-electron chi connectivity index (χ0n) is 7.82. The van der Waals surface area contributed by atoms with Gasteiger partial charge in [-0.05, 0) is 32.9 Å². The van der Waals surface area contributed by atoms with E-state index in [9.17, 15) is 4.39 Å². The molecule has 0 aromatic heterocycles. The van der Waals surface area contributed by atoms with Crippen molar-refractivity contribution in [3.05, 3.63) is 29.0 Å². The molecule has 0 saturated carbocycles.